The van der Waals surface area contributed by atoms with Crippen LogP contribution in [0.5, 0.6) is 0 Å². The van der Waals surface area contributed by atoms with E-state index in [0.717, 1.165) is 45.2 Å². The van der Waals surface area contributed by atoms with Crippen molar-refractivity contribution in [3.8, 4) is 0 Å². The van der Waals surface area contributed by atoms with Gasteiger partial charge in [0.1, 0.15) is 6.29 Å². The number of aliphatic hydroxyl groups excluding tert-OH is 1. The lowest BCUT2D eigenvalue weighted by atomic mass is 10.1. The Morgan fingerprint density at radius 3 is 2.06 bits per heavy atom. The lowest BCUT2D eigenvalue weighted by Gasteiger charge is -2.21. The fraction of sp³-hybridized carbons (Fsp3) is 0.933. The van der Waals surface area contributed by atoms with Gasteiger partial charge in [-0.15, -0.1) is 0 Å². The Morgan fingerprint density at radius 2 is 1.50 bits per heavy atom. The van der Waals surface area contributed by atoms with Crippen molar-refractivity contribution in [2.75, 3.05) is 26.2 Å². The van der Waals surface area contributed by atoms with Crippen LogP contribution in [0.2, 0.25) is 0 Å². The van der Waals surface area contributed by atoms with Gasteiger partial charge in [-0.2, -0.15) is 0 Å². The van der Waals surface area contributed by atoms with E-state index < -0.39 is 0 Å². The van der Waals surface area contributed by atoms with E-state index in [-0.39, 0.29) is 6.61 Å². The predicted molar refractivity (Wildman–Crippen MR) is 76.8 cm³/mol. The van der Waals surface area contributed by atoms with Crippen LogP contribution in [0.3, 0.4) is 0 Å². The van der Waals surface area contributed by atoms with Gasteiger partial charge in [0.05, 0.1) is 0 Å². The minimum absolute atomic E-state index is 0.288. The topological polar surface area (TPSA) is 40.5 Å². The van der Waals surface area contributed by atoms with E-state index in [0.29, 0.717) is 6.42 Å². The van der Waals surface area contributed by atoms with Gasteiger partial charge in [-0.25, -0.2) is 0 Å². The van der Waals surface area contributed by atoms with Crippen LogP contribution >= 0.6 is 0 Å². The number of hydrogen-bond acceptors (Lipinski definition) is 3. The second kappa shape index (κ2) is 14.7. The van der Waals surface area contributed by atoms with E-state index in [1.807, 2.05) is 0 Å². The molecule has 0 unspecified atom stereocenters. The highest BCUT2D eigenvalue weighted by Crippen LogP contribution is 2.05. The van der Waals surface area contributed by atoms with E-state index in [9.17, 15) is 4.79 Å². The molecular formula is C15H31NO2. The van der Waals surface area contributed by atoms with Crippen LogP contribution in [0.25, 0.3) is 0 Å². The van der Waals surface area contributed by atoms with Crippen LogP contribution in [0.4, 0.5) is 0 Å². The number of aldehydes is 1. The SMILES string of the molecule is CCCCCCN(CCCO)CCCCCC=O. The normalized spacial score (nSPS) is 11.1. The Labute approximate surface area is 113 Å². The molecule has 0 atom stereocenters. The van der Waals surface area contributed by atoms with Crippen molar-refractivity contribution >= 4 is 6.29 Å². The summed E-state index contributed by atoms with van der Waals surface area (Å²) in [5.74, 6) is 0. The van der Waals surface area contributed by atoms with Gasteiger partial charge in [0.15, 0.2) is 0 Å². The van der Waals surface area contributed by atoms with Crippen molar-refractivity contribution in [1.82, 2.24) is 4.90 Å². The van der Waals surface area contributed by atoms with E-state index >= 15 is 0 Å². The third-order valence-electron chi connectivity index (χ3n) is 3.26. The van der Waals surface area contributed by atoms with Gasteiger partial charge in [-0.1, -0.05) is 32.6 Å². The van der Waals surface area contributed by atoms with Crippen molar-refractivity contribution in [1.29, 1.82) is 0 Å². The second-order valence-electron chi connectivity index (χ2n) is 5.00. The number of nitrogens with zero attached hydrogens (tertiary/aromatic N) is 1. The maximum absolute atomic E-state index is 10.2. The molecule has 0 bridgehead atoms. The first kappa shape index (κ1) is 17.6. The van der Waals surface area contributed by atoms with Gasteiger partial charge in [-0.05, 0) is 38.8 Å². The number of hydrogen-bond donors (Lipinski definition) is 1. The maximum atomic E-state index is 10.2. The summed E-state index contributed by atoms with van der Waals surface area (Å²) in [6.45, 7) is 5.81. The first-order valence-corrected chi connectivity index (χ1v) is 7.62. The largest absolute Gasteiger partial charge is 0.396 e. The summed E-state index contributed by atoms with van der Waals surface area (Å²) < 4.78 is 0. The van der Waals surface area contributed by atoms with Gasteiger partial charge in [-0.3, -0.25) is 0 Å². The molecule has 3 nitrogen and oxygen atoms in total. The fourth-order valence-electron chi connectivity index (χ4n) is 2.13. The lowest BCUT2D eigenvalue weighted by Crippen LogP contribution is -2.27. The molecule has 0 aromatic heterocycles. The minimum Gasteiger partial charge on any atom is -0.396 e. The molecule has 0 amide bonds. The fourth-order valence-corrected chi connectivity index (χ4v) is 2.13. The van der Waals surface area contributed by atoms with E-state index in [1.165, 1.54) is 32.1 Å². The highest BCUT2D eigenvalue weighted by molar-refractivity contribution is 5.48. The van der Waals surface area contributed by atoms with Gasteiger partial charge in [0, 0.05) is 19.6 Å². The summed E-state index contributed by atoms with van der Waals surface area (Å²) in [6, 6.07) is 0. The number of rotatable bonds is 14. The Bertz CT molecular complexity index is 174. The molecule has 0 spiro atoms. The summed E-state index contributed by atoms with van der Waals surface area (Å²) in [6.07, 6.45) is 11.1. The van der Waals surface area contributed by atoms with Crippen molar-refractivity contribution in [3.63, 3.8) is 0 Å². The van der Waals surface area contributed by atoms with E-state index in [2.05, 4.69) is 11.8 Å². The number of aliphatic hydroxyl groups is 1. The molecule has 0 saturated heterocycles. The summed E-state index contributed by atoms with van der Waals surface area (Å²) >= 11 is 0. The molecule has 0 aromatic carbocycles. The van der Waals surface area contributed by atoms with Crippen LogP contribution < -0.4 is 0 Å². The smallest absolute Gasteiger partial charge is 0.119 e. The van der Waals surface area contributed by atoms with Gasteiger partial charge in [0.2, 0.25) is 0 Å². The summed E-state index contributed by atoms with van der Waals surface area (Å²) in [5.41, 5.74) is 0. The Kier molecular flexibility index (Phi) is 14.3. The predicted octanol–water partition coefficient (Wildman–Crippen LogP) is 3.01. The third-order valence-corrected chi connectivity index (χ3v) is 3.26. The highest BCUT2D eigenvalue weighted by Gasteiger charge is 2.03. The number of carbonyl (C=O) groups is 1. The zero-order valence-electron chi connectivity index (χ0n) is 12.1. The Morgan fingerprint density at radius 1 is 0.889 bits per heavy atom. The van der Waals surface area contributed by atoms with Crippen molar-refractivity contribution < 1.29 is 9.90 Å². The molecule has 3 heteroatoms. The van der Waals surface area contributed by atoms with Crippen molar-refractivity contribution in [3.05, 3.63) is 0 Å². The number of unbranched alkanes of at least 4 members (excludes halogenated alkanes) is 6. The molecule has 0 fully saturated rings. The van der Waals surface area contributed by atoms with Crippen LogP contribution in [0.15, 0.2) is 0 Å². The summed E-state index contributed by atoms with van der Waals surface area (Å²) in [4.78, 5) is 12.7. The zero-order chi connectivity index (χ0) is 13.5. The Balaban J connectivity index is 3.59. The van der Waals surface area contributed by atoms with E-state index in [1.54, 1.807) is 0 Å². The van der Waals surface area contributed by atoms with Crippen molar-refractivity contribution in [2.45, 2.75) is 64.7 Å². The quantitative estimate of drug-likeness (QED) is 0.384. The van der Waals surface area contributed by atoms with Crippen LogP contribution in [-0.4, -0.2) is 42.5 Å². The standard InChI is InChI=1S/C15H31NO2/c1-2-3-4-7-11-16(13-10-15-18)12-8-5-6-9-14-17/h14,18H,2-13,15H2,1H3. The highest BCUT2D eigenvalue weighted by atomic mass is 16.3. The molecule has 108 valence electrons. The van der Waals surface area contributed by atoms with Crippen molar-refractivity contribution in [2.24, 2.45) is 0 Å². The van der Waals surface area contributed by atoms with Gasteiger partial charge >= 0.3 is 0 Å². The lowest BCUT2D eigenvalue weighted by molar-refractivity contribution is -0.107. The third kappa shape index (κ3) is 12.1. The van der Waals surface area contributed by atoms with Crippen LogP contribution in [-0.2, 0) is 4.79 Å². The second-order valence-corrected chi connectivity index (χ2v) is 5.00. The minimum atomic E-state index is 0.288. The molecule has 0 radical (unpaired) electrons. The molecule has 0 rings (SSSR count). The van der Waals surface area contributed by atoms with Crippen LogP contribution in [0.1, 0.15) is 64.7 Å². The molecule has 0 heterocycles. The average Bonchev–Trinajstić information content (AvgIpc) is 2.39. The molecular weight excluding hydrogens is 226 g/mol. The number of carbonyl (C=O) groups excluding carboxylic acids is 1. The zero-order valence-corrected chi connectivity index (χ0v) is 12.1. The van der Waals surface area contributed by atoms with Crippen LogP contribution in [0, 0.1) is 0 Å². The average molecular weight is 257 g/mol. The van der Waals surface area contributed by atoms with Gasteiger partial charge in [0.25, 0.3) is 0 Å². The summed E-state index contributed by atoms with van der Waals surface area (Å²) in [5, 5.41) is 8.90. The summed E-state index contributed by atoms with van der Waals surface area (Å²) in [7, 11) is 0. The molecule has 1 N–H and O–H groups in total. The molecule has 0 aliphatic carbocycles. The molecule has 18 heavy (non-hydrogen) atoms. The van der Waals surface area contributed by atoms with E-state index in [4.69, 9.17) is 5.11 Å². The molecule has 0 aliphatic heterocycles. The first-order chi connectivity index (χ1) is 8.85. The molecule has 0 saturated carbocycles. The first-order valence-electron chi connectivity index (χ1n) is 7.62. The maximum Gasteiger partial charge on any atom is 0.119 e. The monoisotopic (exact) mass is 257 g/mol. The molecule has 0 aromatic rings. The molecule has 0 aliphatic rings. The Hall–Kier alpha value is -0.410. The van der Waals surface area contributed by atoms with Gasteiger partial charge < -0.3 is 14.8 Å².